The summed E-state index contributed by atoms with van der Waals surface area (Å²) in [7, 11) is -3.50. The van der Waals surface area contributed by atoms with E-state index in [1.807, 2.05) is 0 Å². The number of nitrogens with one attached hydrogen (secondary N) is 1. The summed E-state index contributed by atoms with van der Waals surface area (Å²) in [4.78, 5) is 10.8. The van der Waals surface area contributed by atoms with E-state index < -0.39 is 32.7 Å². The van der Waals surface area contributed by atoms with Gasteiger partial charge in [-0.15, -0.1) is 0 Å². The average molecular weight is 249 g/mol. The van der Waals surface area contributed by atoms with Crippen molar-refractivity contribution < 1.29 is 17.9 Å². The van der Waals surface area contributed by atoms with E-state index in [4.69, 9.17) is 4.74 Å². The Kier molecular flexibility index (Phi) is 5.15. The fraction of sp³-hybridized carbons (Fsp3) is 0.700. The highest BCUT2D eigenvalue weighted by atomic mass is 32.2. The van der Waals surface area contributed by atoms with E-state index in [1.165, 1.54) is 6.92 Å². The van der Waals surface area contributed by atoms with E-state index in [1.54, 1.807) is 20.8 Å². The zero-order chi connectivity index (χ0) is 13.0. The van der Waals surface area contributed by atoms with Crippen LogP contribution in [0.25, 0.3) is 0 Å². The molecule has 94 valence electrons. The highest BCUT2D eigenvalue weighted by molar-refractivity contribution is 7.91. The predicted octanol–water partition coefficient (Wildman–Crippen LogP) is 0.822. The largest absolute Gasteiger partial charge is 0.357 e. The molecule has 0 saturated carbocycles. The predicted molar refractivity (Wildman–Crippen MR) is 62.4 cm³/mol. The number of carbonyl (C=O) groups excluding carboxylic acids is 1. The number of rotatable bonds is 5. The van der Waals surface area contributed by atoms with Crippen LogP contribution in [0.3, 0.4) is 0 Å². The first kappa shape index (κ1) is 15.1. The van der Waals surface area contributed by atoms with E-state index in [-0.39, 0.29) is 0 Å². The van der Waals surface area contributed by atoms with Gasteiger partial charge in [0.25, 0.3) is 0 Å². The minimum absolute atomic E-state index is 0.449. The summed E-state index contributed by atoms with van der Waals surface area (Å²) in [6.07, 6.45) is 1.02. The normalized spacial score (nSPS) is 14.2. The molecule has 0 radical (unpaired) electrons. The Bertz CT molecular complexity index is 354. The zero-order valence-electron chi connectivity index (χ0n) is 10.1. The lowest BCUT2D eigenvalue weighted by molar-refractivity contribution is -0.116. The van der Waals surface area contributed by atoms with E-state index in [9.17, 15) is 13.2 Å². The fourth-order valence-corrected chi connectivity index (χ4v) is 1.95. The van der Waals surface area contributed by atoms with Crippen LogP contribution >= 0.6 is 0 Å². The van der Waals surface area contributed by atoms with Crippen LogP contribution < -0.4 is 5.32 Å². The molecule has 1 N–H and O–H groups in total. The summed E-state index contributed by atoms with van der Waals surface area (Å²) in [6.45, 7) is 9.97. The summed E-state index contributed by atoms with van der Waals surface area (Å²) >= 11 is 0. The first-order chi connectivity index (χ1) is 7.08. The van der Waals surface area contributed by atoms with Gasteiger partial charge >= 0.3 is 0 Å². The molecule has 6 heteroatoms. The minimum Gasteiger partial charge on any atom is -0.357 e. The number of ether oxygens (including phenoxy) is 1. The molecule has 0 saturated heterocycles. The maximum atomic E-state index is 11.7. The van der Waals surface area contributed by atoms with Gasteiger partial charge in [-0.1, -0.05) is 6.58 Å². The maximum absolute atomic E-state index is 11.7. The van der Waals surface area contributed by atoms with Gasteiger partial charge in [-0.05, 0) is 33.8 Å². The number of amides is 1. The summed E-state index contributed by atoms with van der Waals surface area (Å²) in [5.74, 6) is -0.971. The Morgan fingerprint density at radius 2 is 2.00 bits per heavy atom. The van der Waals surface area contributed by atoms with Gasteiger partial charge in [-0.3, -0.25) is 4.79 Å². The highest BCUT2D eigenvalue weighted by Gasteiger charge is 2.26. The van der Waals surface area contributed by atoms with Crippen LogP contribution in [0.1, 0.15) is 27.7 Å². The molecule has 0 aliphatic carbocycles. The molecule has 0 bridgehead atoms. The molecule has 0 aliphatic heterocycles. The maximum Gasteiger partial charge on any atom is 0.244 e. The molecule has 0 aliphatic rings. The summed E-state index contributed by atoms with van der Waals surface area (Å²) in [5, 5.41) is 2.21. The Balaban J connectivity index is 4.44. The standard InChI is InChI=1S/C10H19NO4S/c1-6-9(12)11-7-16(13,14)8(2)15-10(3,4)5/h6,8H,1,7H2,2-5H3,(H,11,12). The molecule has 1 atom stereocenters. The van der Waals surface area contributed by atoms with Gasteiger partial charge in [0.15, 0.2) is 15.3 Å². The van der Waals surface area contributed by atoms with Crippen LogP contribution in [0.15, 0.2) is 12.7 Å². The molecule has 1 unspecified atom stereocenters. The highest BCUT2D eigenvalue weighted by Crippen LogP contribution is 2.14. The molecule has 16 heavy (non-hydrogen) atoms. The molecule has 0 fully saturated rings. The topological polar surface area (TPSA) is 72.5 Å². The number of hydrogen-bond acceptors (Lipinski definition) is 4. The van der Waals surface area contributed by atoms with E-state index >= 15 is 0 Å². The van der Waals surface area contributed by atoms with Gasteiger partial charge in [-0.25, -0.2) is 8.42 Å². The van der Waals surface area contributed by atoms with Gasteiger partial charge in [0.2, 0.25) is 5.91 Å². The van der Waals surface area contributed by atoms with Crippen molar-refractivity contribution in [2.45, 2.75) is 38.7 Å². The second kappa shape index (κ2) is 5.45. The lowest BCUT2D eigenvalue weighted by atomic mass is 10.2. The van der Waals surface area contributed by atoms with Crippen LogP contribution in [-0.2, 0) is 19.4 Å². The molecule has 0 aromatic carbocycles. The second-order valence-electron chi connectivity index (χ2n) is 4.35. The van der Waals surface area contributed by atoms with E-state index in [2.05, 4.69) is 11.9 Å². The van der Waals surface area contributed by atoms with Crippen LogP contribution in [0.5, 0.6) is 0 Å². The van der Waals surface area contributed by atoms with Gasteiger partial charge < -0.3 is 10.1 Å². The average Bonchev–Trinajstić information content (AvgIpc) is 2.11. The molecule has 1 amide bonds. The van der Waals surface area contributed by atoms with E-state index in [0.717, 1.165) is 6.08 Å². The SMILES string of the molecule is C=CC(=O)NCS(=O)(=O)C(C)OC(C)(C)C. The molecule has 0 spiro atoms. The van der Waals surface area contributed by atoms with E-state index in [0.29, 0.717) is 0 Å². The van der Waals surface area contributed by atoms with Crippen LogP contribution in [0, 0.1) is 0 Å². The molecule has 0 heterocycles. The summed E-state index contributed by atoms with van der Waals surface area (Å²) in [5.41, 5.74) is -1.51. The summed E-state index contributed by atoms with van der Waals surface area (Å²) in [6, 6.07) is 0. The summed E-state index contributed by atoms with van der Waals surface area (Å²) < 4.78 is 28.6. The Morgan fingerprint density at radius 3 is 2.38 bits per heavy atom. The quantitative estimate of drug-likeness (QED) is 0.732. The van der Waals surface area contributed by atoms with Gasteiger partial charge in [0, 0.05) is 0 Å². The van der Waals surface area contributed by atoms with Gasteiger partial charge in [0.1, 0.15) is 5.88 Å². The monoisotopic (exact) mass is 249 g/mol. The van der Waals surface area contributed by atoms with Crippen molar-refractivity contribution in [1.82, 2.24) is 5.32 Å². The molecular formula is C10H19NO4S. The van der Waals surface area contributed by atoms with Crippen LogP contribution in [0.2, 0.25) is 0 Å². The van der Waals surface area contributed by atoms with Crippen molar-refractivity contribution in [2.24, 2.45) is 0 Å². The first-order valence-electron chi connectivity index (χ1n) is 4.88. The molecule has 0 rings (SSSR count). The smallest absolute Gasteiger partial charge is 0.244 e. The fourth-order valence-electron chi connectivity index (χ4n) is 0.932. The Hall–Kier alpha value is -0.880. The molecule has 5 nitrogen and oxygen atoms in total. The lowest BCUT2D eigenvalue weighted by Gasteiger charge is -2.24. The third-order valence-corrected chi connectivity index (χ3v) is 3.31. The molecule has 0 aromatic heterocycles. The van der Waals surface area contributed by atoms with Crippen LogP contribution in [-0.4, -0.2) is 31.2 Å². The molecular weight excluding hydrogens is 230 g/mol. The number of hydrogen-bond donors (Lipinski definition) is 1. The second-order valence-corrected chi connectivity index (χ2v) is 6.63. The van der Waals surface area contributed by atoms with Crippen molar-refractivity contribution in [2.75, 3.05) is 5.88 Å². The third-order valence-electron chi connectivity index (χ3n) is 1.66. The Morgan fingerprint density at radius 1 is 1.50 bits per heavy atom. The third kappa shape index (κ3) is 5.87. The number of sulfone groups is 1. The van der Waals surface area contributed by atoms with Gasteiger partial charge in [-0.2, -0.15) is 0 Å². The van der Waals surface area contributed by atoms with Crippen molar-refractivity contribution in [3.8, 4) is 0 Å². The van der Waals surface area contributed by atoms with Crippen molar-refractivity contribution >= 4 is 15.7 Å². The zero-order valence-corrected chi connectivity index (χ0v) is 10.9. The van der Waals surface area contributed by atoms with Crippen molar-refractivity contribution in [1.29, 1.82) is 0 Å². The number of carbonyl (C=O) groups is 1. The van der Waals surface area contributed by atoms with Gasteiger partial charge in [0.05, 0.1) is 5.60 Å². The first-order valence-corrected chi connectivity index (χ1v) is 6.59. The van der Waals surface area contributed by atoms with Crippen molar-refractivity contribution in [3.05, 3.63) is 12.7 Å². The minimum atomic E-state index is -3.50. The molecule has 0 aromatic rings. The van der Waals surface area contributed by atoms with Crippen LogP contribution in [0.4, 0.5) is 0 Å². The van der Waals surface area contributed by atoms with Crippen molar-refractivity contribution in [3.63, 3.8) is 0 Å². The lowest BCUT2D eigenvalue weighted by Crippen LogP contribution is -2.37. The Labute approximate surface area is 96.8 Å².